The monoisotopic (exact) mass is 290 g/mol. The highest BCUT2D eigenvalue weighted by Gasteiger charge is 2.10. The number of anilines is 1. The Morgan fingerprint density at radius 1 is 1.19 bits per heavy atom. The highest BCUT2D eigenvalue weighted by molar-refractivity contribution is 5.32. The third-order valence-corrected chi connectivity index (χ3v) is 2.45. The van der Waals surface area contributed by atoms with Crippen molar-refractivity contribution in [3.05, 3.63) is 29.8 Å². The highest BCUT2D eigenvalue weighted by Crippen LogP contribution is 2.21. The van der Waals surface area contributed by atoms with E-state index in [-0.39, 0.29) is 24.7 Å². The van der Waals surface area contributed by atoms with Gasteiger partial charge < -0.3 is 19.9 Å². The molecule has 0 spiro atoms. The van der Waals surface area contributed by atoms with Crippen LogP contribution in [0.15, 0.2) is 24.3 Å². The molecule has 0 aliphatic carbocycles. The third kappa shape index (κ3) is 4.28. The van der Waals surface area contributed by atoms with Gasteiger partial charge in [0.05, 0.1) is 12.7 Å². The molecule has 21 heavy (non-hydrogen) atoms. The van der Waals surface area contributed by atoms with E-state index >= 15 is 0 Å². The van der Waals surface area contributed by atoms with Crippen molar-refractivity contribution in [2.24, 2.45) is 0 Å². The number of hydrogen-bond donors (Lipinski definition) is 2. The lowest BCUT2D eigenvalue weighted by Crippen LogP contribution is -2.11. The Balaban J connectivity index is 2.25. The van der Waals surface area contributed by atoms with Gasteiger partial charge in [-0.25, -0.2) is 0 Å². The first-order valence-electron chi connectivity index (χ1n) is 6.59. The number of nitrogens with one attached hydrogen (secondary N) is 1. The molecule has 1 aromatic heterocycles. The molecule has 112 valence electrons. The van der Waals surface area contributed by atoms with E-state index in [1.165, 1.54) is 0 Å². The predicted octanol–water partition coefficient (Wildman–Crippen LogP) is 1.99. The minimum atomic E-state index is -0.0577. The van der Waals surface area contributed by atoms with E-state index in [9.17, 15) is 0 Å². The van der Waals surface area contributed by atoms with Gasteiger partial charge in [0.1, 0.15) is 5.75 Å². The summed E-state index contributed by atoms with van der Waals surface area (Å²) in [6.45, 7) is 3.71. The molecule has 0 fully saturated rings. The Morgan fingerprint density at radius 3 is 2.62 bits per heavy atom. The van der Waals surface area contributed by atoms with Crippen molar-refractivity contribution < 1.29 is 14.6 Å². The van der Waals surface area contributed by atoms with Crippen molar-refractivity contribution in [2.75, 3.05) is 12.4 Å². The van der Waals surface area contributed by atoms with Gasteiger partial charge in [0.15, 0.2) is 0 Å². The minimum absolute atomic E-state index is 0.0531. The fourth-order valence-electron chi connectivity index (χ4n) is 1.57. The van der Waals surface area contributed by atoms with Crippen LogP contribution in [0.2, 0.25) is 0 Å². The number of ether oxygens (including phenoxy) is 2. The Kier molecular flexibility index (Phi) is 4.89. The van der Waals surface area contributed by atoms with Gasteiger partial charge in [-0.1, -0.05) is 12.1 Å². The average molecular weight is 290 g/mol. The first kappa shape index (κ1) is 15.0. The second kappa shape index (κ2) is 6.85. The summed E-state index contributed by atoms with van der Waals surface area (Å²) in [5.41, 5.74) is 0.744. The van der Waals surface area contributed by atoms with Crippen LogP contribution in [0.5, 0.6) is 17.8 Å². The Labute approximate surface area is 123 Å². The SMILES string of the molecule is CNc1nc(Oc2cccc(CO)c2)nc(OC(C)C)n1. The number of rotatable bonds is 6. The van der Waals surface area contributed by atoms with Crippen LogP contribution >= 0.6 is 0 Å². The van der Waals surface area contributed by atoms with Gasteiger partial charge in [-0.3, -0.25) is 0 Å². The number of aliphatic hydroxyl groups is 1. The number of aliphatic hydroxyl groups excluding tert-OH is 1. The molecule has 0 aliphatic rings. The van der Waals surface area contributed by atoms with Crippen molar-refractivity contribution >= 4 is 5.95 Å². The van der Waals surface area contributed by atoms with Crippen LogP contribution in [0.1, 0.15) is 19.4 Å². The summed E-state index contributed by atoms with van der Waals surface area (Å²) in [6, 6.07) is 7.37. The van der Waals surface area contributed by atoms with Gasteiger partial charge in [0.2, 0.25) is 5.95 Å². The number of nitrogens with zero attached hydrogens (tertiary/aromatic N) is 3. The lowest BCUT2D eigenvalue weighted by Gasteiger charge is -2.10. The largest absolute Gasteiger partial charge is 0.461 e. The fraction of sp³-hybridized carbons (Fsp3) is 0.357. The molecular weight excluding hydrogens is 272 g/mol. The molecule has 2 N–H and O–H groups in total. The van der Waals surface area contributed by atoms with Crippen LogP contribution in [-0.4, -0.2) is 33.2 Å². The summed E-state index contributed by atoms with van der Waals surface area (Å²) < 4.78 is 11.0. The number of hydrogen-bond acceptors (Lipinski definition) is 7. The van der Waals surface area contributed by atoms with Crippen LogP contribution in [0, 0.1) is 0 Å². The first-order valence-corrected chi connectivity index (χ1v) is 6.59. The summed E-state index contributed by atoms with van der Waals surface area (Å²) in [5.74, 6) is 0.888. The molecule has 0 saturated heterocycles. The van der Waals surface area contributed by atoms with Crippen molar-refractivity contribution in [2.45, 2.75) is 26.6 Å². The molecular formula is C14H18N4O3. The third-order valence-electron chi connectivity index (χ3n) is 2.45. The van der Waals surface area contributed by atoms with Gasteiger partial charge >= 0.3 is 12.0 Å². The zero-order valence-electron chi connectivity index (χ0n) is 12.2. The van der Waals surface area contributed by atoms with Crippen molar-refractivity contribution in [3.63, 3.8) is 0 Å². The molecule has 0 amide bonds. The molecule has 1 aromatic carbocycles. The van der Waals surface area contributed by atoms with Crippen LogP contribution in [0.25, 0.3) is 0 Å². The van der Waals surface area contributed by atoms with Crippen LogP contribution in [-0.2, 0) is 6.61 Å². The zero-order chi connectivity index (χ0) is 15.2. The number of aromatic nitrogens is 3. The number of benzene rings is 1. The van der Waals surface area contributed by atoms with Gasteiger partial charge in [-0.2, -0.15) is 9.97 Å². The maximum absolute atomic E-state index is 9.13. The predicted molar refractivity (Wildman–Crippen MR) is 77.6 cm³/mol. The standard InChI is InChI=1S/C14H18N4O3/c1-9(2)20-13-16-12(15-3)17-14(18-13)21-11-6-4-5-10(7-11)8-19/h4-7,9,19H,8H2,1-3H3,(H,15,16,17,18). The quantitative estimate of drug-likeness (QED) is 0.840. The normalized spacial score (nSPS) is 10.5. The van der Waals surface area contributed by atoms with Crippen LogP contribution < -0.4 is 14.8 Å². The molecule has 2 rings (SSSR count). The molecule has 1 heterocycles. The van der Waals surface area contributed by atoms with E-state index in [0.29, 0.717) is 11.7 Å². The van der Waals surface area contributed by atoms with E-state index in [1.807, 2.05) is 13.8 Å². The molecule has 2 aromatic rings. The van der Waals surface area contributed by atoms with E-state index in [0.717, 1.165) is 5.56 Å². The summed E-state index contributed by atoms with van der Waals surface area (Å²) in [7, 11) is 1.70. The van der Waals surface area contributed by atoms with Gasteiger partial charge in [-0.15, -0.1) is 4.98 Å². The molecule has 0 aliphatic heterocycles. The average Bonchev–Trinajstić information content (AvgIpc) is 2.46. The molecule has 0 bridgehead atoms. The van der Waals surface area contributed by atoms with E-state index < -0.39 is 0 Å². The lowest BCUT2D eigenvalue weighted by molar-refractivity contribution is 0.218. The molecule has 7 heteroatoms. The van der Waals surface area contributed by atoms with Gasteiger partial charge in [-0.05, 0) is 31.5 Å². The summed E-state index contributed by atoms with van der Waals surface area (Å²) >= 11 is 0. The first-order chi connectivity index (χ1) is 10.1. The molecule has 0 atom stereocenters. The van der Waals surface area contributed by atoms with Crippen LogP contribution in [0.4, 0.5) is 5.95 Å². The highest BCUT2D eigenvalue weighted by atomic mass is 16.5. The Hall–Kier alpha value is -2.41. The summed E-state index contributed by atoms with van der Waals surface area (Å²) in [4.78, 5) is 12.3. The second-order valence-electron chi connectivity index (χ2n) is 4.55. The molecule has 0 saturated carbocycles. The molecule has 0 unspecified atom stereocenters. The van der Waals surface area contributed by atoms with E-state index in [2.05, 4.69) is 20.3 Å². The van der Waals surface area contributed by atoms with Crippen molar-refractivity contribution in [1.82, 2.24) is 15.0 Å². The topological polar surface area (TPSA) is 89.4 Å². The zero-order valence-corrected chi connectivity index (χ0v) is 12.2. The van der Waals surface area contributed by atoms with Crippen LogP contribution in [0.3, 0.4) is 0 Å². The van der Waals surface area contributed by atoms with E-state index in [4.69, 9.17) is 14.6 Å². The Bertz CT molecular complexity index is 605. The molecule has 7 nitrogen and oxygen atoms in total. The summed E-state index contributed by atoms with van der Waals surface area (Å²) in [6.07, 6.45) is -0.0531. The Morgan fingerprint density at radius 2 is 1.95 bits per heavy atom. The maximum atomic E-state index is 9.13. The maximum Gasteiger partial charge on any atom is 0.330 e. The van der Waals surface area contributed by atoms with Gasteiger partial charge in [0, 0.05) is 7.05 Å². The lowest BCUT2D eigenvalue weighted by atomic mass is 10.2. The molecule has 0 radical (unpaired) electrons. The second-order valence-corrected chi connectivity index (χ2v) is 4.55. The van der Waals surface area contributed by atoms with Gasteiger partial charge in [0.25, 0.3) is 0 Å². The smallest absolute Gasteiger partial charge is 0.330 e. The van der Waals surface area contributed by atoms with Crippen molar-refractivity contribution in [1.29, 1.82) is 0 Å². The van der Waals surface area contributed by atoms with E-state index in [1.54, 1.807) is 31.3 Å². The minimum Gasteiger partial charge on any atom is -0.461 e. The van der Waals surface area contributed by atoms with Crippen molar-refractivity contribution in [3.8, 4) is 17.8 Å². The fourth-order valence-corrected chi connectivity index (χ4v) is 1.57. The summed E-state index contributed by atoms with van der Waals surface area (Å²) in [5, 5.41) is 12.0.